The van der Waals surface area contributed by atoms with Gasteiger partial charge >= 0.3 is 0 Å². The first-order valence-corrected chi connectivity index (χ1v) is 24.5. The number of aliphatic hydroxyl groups excluding tert-OH is 12. The zero-order valence-corrected chi connectivity index (χ0v) is 40.3. The SMILES string of the molecule is CC(C)=CCCC(C)(O)C1CCC2(C)C1C(OC1OC(CO)C(O)C(O)C1O)CC1C3(C)CCC(OC4OC(CO)C(O)C(O)C4OC4OC(CO)C(O)C(O)C4O)C(C)(C)C3C(O)CC12C. The summed E-state index contributed by atoms with van der Waals surface area (Å²) in [5.74, 6) is -1.13. The van der Waals surface area contributed by atoms with Gasteiger partial charge in [-0.2, -0.15) is 0 Å². The third kappa shape index (κ3) is 9.13. The molecule has 0 amide bonds. The van der Waals surface area contributed by atoms with Gasteiger partial charge in [-0.3, -0.25) is 0 Å². The minimum Gasteiger partial charge on any atom is -0.394 e. The van der Waals surface area contributed by atoms with Crippen molar-refractivity contribution in [3.8, 4) is 0 Å². The average molecular weight is 963 g/mol. The van der Waals surface area contributed by atoms with Crippen LogP contribution in [-0.2, 0) is 28.4 Å². The highest BCUT2D eigenvalue weighted by molar-refractivity contribution is 5.22. The van der Waals surface area contributed by atoms with E-state index in [4.69, 9.17) is 28.4 Å². The predicted molar refractivity (Wildman–Crippen MR) is 235 cm³/mol. The molecule has 0 aromatic rings. The van der Waals surface area contributed by atoms with Crippen LogP contribution >= 0.6 is 0 Å². The van der Waals surface area contributed by atoms with Gasteiger partial charge in [0.1, 0.15) is 73.2 Å². The smallest absolute Gasteiger partial charge is 0.187 e. The van der Waals surface area contributed by atoms with Crippen LogP contribution in [0.15, 0.2) is 11.6 Å². The maximum atomic E-state index is 12.7. The van der Waals surface area contributed by atoms with Crippen molar-refractivity contribution in [3.05, 3.63) is 11.6 Å². The lowest BCUT2D eigenvalue weighted by Crippen LogP contribution is -2.71. The number of hydrogen-bond acceptors (Lipinski definition) is 19. The fraction of sp³-hybridized carbons (Fsp3) is 0.958. The van der Waals surface area contributed by atoms with E-state index < -0.39 is 163 Å². The monoisotopic (exact) mass is 963 g/mol. The summed E-state index contributed by atoms with van der Waals surface area (Å²) >= 11 is 0. The molecular formula is C48H82O19. The Kier molecular flexibility index (Phi) is 15.9. The number of fused-ring (bicyclic) bond motifs is 5. The second kappa shape index (κ2) is 19.8. The molecule has 3 heterocycles. The highest BCUT2D eigenvalue weighted by atomic mass is 16.8. The van der Waals surface area contributed by atoms with Gasteiger partial charge in [0.25, 0.3) is 0 Å². The van der Waals surface area contributed by atoms with E-state index in [-0.39, 0.29) is 17.8 Å². The van der Waals surface area contributed by atoms with Gasteiger partial charge in [0.2, 0.25) is 0 Å². The first-order chi connectivity index (χ1) is 31.2. The molecule has 0 bridgehead atoms. The second-order valence-corrected chi connectivity index (χ2v) is 23.1. The summed E-state index contributed by atoms with van der Waals surface area (Å²) in [4.78, 5) is 0. The quantitative estimate of drug-likeness (QED) is 0.0773. The molecule has 0 spiro atoms. The first-order valence-electron chi connectivity index (χ1n) is 24.5. The molecule has 19 heteroatoms. The van der Waals surface area contributed by atoms with E-state index in [1.165, 1.54) is 0 Å². The fourth-order valence-corrected chi connectivity index (χ4v) is 15.0. The highest BCUT2D eigenvalue weighted by Crippen LogP contribution is 2.76. The fourth-order valence-electron chi connectivity index (χ4n) is 15.0. The standard InChI is InChI=1S/C48H82O19/c1-21(2)10-9-13-48(8,61)22-11-15-46(6)30(22)24(62-41-37(59)34(56)31(53)25(18-49)63-41)16-28-45(5)14-12-29(44(3,4)40(45)23(52)17-47(28,46)7)66-43-39(36(58)33(55)27(20-51)65-43)67-42-38(60)35(57)32(54)26(19-50)64-42/h10,22-43,49-61H,9,11-20H2,1-8H3. The predicted octanol–water partition coefficient (Wildman–Crippen LogP) is -1.06. The lowest BCUT2D eigenvalue weighted by atomic mass is 9.34. The Morgan fingerprint density at radius 2 is 1.16 bits per heavy atom. The van der Waals surface area contributed by atoms with E-state index in [0.717, 1.165) is 5.57 Å². The molecule has 0 aromatic carbocycles. The van der Waals surface area contributed by atoms with E-state index >= 15 is 0 Å². The third-order valence-electron chi connectivity index (χ3n) is 18.6. The van der Waals surface area contributed by atoms with Crippen molar-refractivity contribution >= 4 is 0 Å². The molecule has 7 aliphatic rings. The average Bonchev–Trinajstić information content (AvgIpc) is 3.64. The third-order valence-corrected chi connectivity index (χ3v) is 18.6. The molecule has 4 saturated carbocycles. The van der Waals surface area contributed by atoms with Crippen LogP contribution in [-0.4, -0.2) is 202 Å². The van der Waals surface area contributed by atoms with Crippen molar-refractivity contribution in [1.29, 1.82) is 0 Å². The Hall–Kier alpha value is -1.02. The Bertz CT molecular complexity index is 1710. The number of rotatable bonds is 13. The Balaban J connectivity index is 1.21. The van der Waals surface area contributed by atoms with Crippen LogP contribution in [0.2, 0.25) is 0 Å². The maximum absolute atomic E-state index is 12.7. The van der Waals surface area contributed by atoms with Gasteiger partial charge in [-0.05, 0) is 117 Å². The molecule has 0 aromatic heterocycles. The molecule has 26 atom stereocenters. The van der Waals surface area contributed by atoms with Crippen LogP contribution < -0.4 is 0 Å². The van der Waals surface area contributed by atoms with Crippen LogP contribution in [0, 0.1) is 45.3 Å². The van der Waals surface area contributed by atoms with Gasteiger partial charge in [-0.25, -0.2) is 0 Å². The van der Waals surface area contributed by atoms with E-state index in [2.05, 4.69) is 26.8 Å². The Morgan fingerprint density at radius 3 is 1.70 bits per heavy atom. The molecule has 7 rings (SSSR count). The number of hydrogen-bond donors (Lipinski definition) is 13. The molecule has 19 nitrogen and oxygen atoms in total. The summed E-state index contributed by atoms with van der Waals surface area (Å²) in [6, 6.07) is 0. The summed E-state index contributed by atoms with van der Waals surface area (Å²) in [5.41, 5.74) is -2.49. The van der Waals surface area contributed by atoms with E-state index in [0.29, 0.717) is 51.4 Å². The van der Waals surface area contributed by atoms with Crippen LogP contribution in [0.25, 0.3) is 0 Å². The van der Waals surface area contributed by atoms with Crippen LogP contribution in [0.5, 0.6) is 0 Å². The number of ether oxygens (including phenoxy) is 6. The lowest BCUT2D eigenvalue weighted by Gasteiger charge is -2.72. The van der Waals surface area contributed by atoms with Crippen molar-refractivity contribution in [3.63, 3.8) is 0 Å². The summed E-state index contributed by atoms with van der Waals surface area (Å²) in [6.45, 7) is 14.5. The second-order valence-electron chi connectivity index (χ2n) is 23.1. The van der Waals surface area contributed by atoms with Crippen molar-refractivity contribution in [2.24, 2.45) is 45.3 Å². The van der Waals surface area contributed by atoms with E-state index in [9.17, 15) is 66.4 Å². The molecular weight excluding hydrogens is 881 g/mol. The summed E-state index contributed by atoms with van der Waals surface area (Å²) < 4.78 is 37.2. The molecule has 4 aliphatic carbocycles. The molecule has 388 valence electrons. The van der Waals surface area contributed by atoms with Crippen molar-refractivity contribution < 1.29 is 94.8 Å². The molecule has 0 radical (unpaired) electrons. The van der Waals surface area contributed by atoms with E-state index in [1.54, 1.807) is 0 Å². The molecule has 67 heavy (non-hydrogen) atoms. The summed E-state index contributed by atoms with van der Waals surface area (Å²) in [5, 5.41) is 142. The van der Waals surface area contributed by atoms with Gasteiger partial charge in [-0.1, -0.05) is 46.3 Å². The normalized spacial score (nSPS) is 52.9. The van der Waals surface area contributed by atoms with Crippen LogP contribution in [0.4, 0.5) is 0 Å². The van der Waals surface area contributed by atoms with Crippen molar-refractivity contribution in [2.75, 3.05) is 19.8 Å². The van der Waals surface area contributed by atoms with Gasteiger partial charge in [-0.15, -0.1) is 0 Å². The van der Waals surface area contributed by atoms with Crippen LogP contribution in [0.3, 0.4) is 0 Å². The van der Waals surface area contributed by atoms with Gasteiger partial charge in [0, 0.05) is 0 Å². The molecule has 26 unspecified atom stereocenters. The van der Waals surface area contributed by atoms with E-state index in [1.807, 2.05) is 34.6 Å². The molecule has 3 aliphatic heterocycles. The van der Waals surface area contributed by atoms with Crippen molar-refractivity contribution in [2.45, 2.75) is 223 Å². The zero-order chi connectivity index (χ0) is 49.5. The Labute approximate surface area is 393 Å². The first kappa shape index (κ1) is 53.8. The number of aliphatic hydroxyl groups is 13. The topological polar surface area (TPSA) is 318 Å². The van der Waals surface area contributed by atoms with Crippen LogP contribution in [0.1, 0.15) is 107 Å². The summed E-state index contributed by atoms with van der Waals surface area (Å²) in [6.07, 6.45) is -19.5. The maximum Gasteiger partial charge on any atom is 0.187 e. The minimum absolute atomic E-state index is 0.136. The lowest BCUT2D eigenvalue weighted by molar-refractivity contribution is -0.380. The van der Waals surface area contributed by atoms with Crippen molar-refractivity contribution in [1.82, 2.24) is 0 Å². The number of allylic oxidation sites excluding steroid dienone is 2. The van der Waals surface area contributed by atoms with Gasteiger partial charge in [0.05, 0.1) is 43.7 Å². The molecule has 3 saturated heterocycles. The minimum atomic E-state index is -1.84. The van der Waals surface area contributed by atoms with Gasteiger partial charge < -0.3 is 94.8 Å². The zero-order valence-electron chi connectivity index (χ0n) is 40.3. The molecule has 7 fully saturated rings. The summed E-state index contributed by atoms with van der Waals surface area (Å²) in [7, 11) is 0. The molecule has 13 N–H and O–H groups in total. The highest BCUT2D eigenvalue weighted by Gasteiger charge is 2.74. The largest absolute Gasteiger partial charge is 0.394 e. The van der Waals surface area contributed by atoms with Gasteiger partial charge in [0.15, 0.2) is 18.9 Å². The Morgan fingerprint density at radius 1 is 0.642 bits per heavy atom.